The van der Waals surface area contributed by atoms with E-state index in [9.17, 15) is 22.7 Å². The second-order valence-electron chi connectivity index (χ2n) is 4.23. The fraction of sp³-hybridized carbons (Fsp3) is 0.143. The number of aryl methyl sites for hydroxylation is 1. The van der Waals surface area contributed by atoms with Gasteiger partial charge in [0.05, 0.1) is 0 Å². The zero-order valence-corrected chi connectivity index (χ0v) is 9.92. The summed E-state index contributed by atoms with van der Waals surface area (Å²) in [6.07, 6.45) is -1.57. The fourth-order valence-electron chi connectivity index (χ4n) is 1.80. The third-order valence-electron chi connectivity index (χ3n) is 2.77. The van der Waals surface area contributed by atoms with Crippen LogP contribution in [0.5, 0.6) is 0 Å². The van der Waals surface area contributed by atoms with Gasteiger partial charge in [-0.15, -0.1) is 0 Å². The maximum absolute atomic E-state index is 13.6. The average molecular weight is 270 g/mol. The van der Waals surface area contributed by atoms with Gasteiger partial charge in [0.2, 0.25) is 0 Å². The number of aliphatic hydroxyl groups is 1. The van der Waals surface area contributed by atoms with E-state index in [1.165, 1.54) is 6.92 Å². The number of rotatable bonds is 2. The van der Waals surface area contributed by atoms with Crippen LogP contribution in [0.25, 0.3) is 0 Å². The van der Waals surface area contributed by atoms with Crippen LogP contribution in [0.4, 0.5) is 17.6 Å². The Morgan fingerprint density at radius 2 is 1.42 bits per heavy atom. The Bertz CT molecular complexity index is 605. The molecular weight excluding hydrogens is 260 g/mol. The van der Waals surface area contributed by atoms with Gasteiger partial charge in [0, 0.05) is 17.7 Å². The minimum Gasteiger partial charge on any atom is -0.384 e. The number of halogens is 4. The molecule has 1 unspecified atom stereocenters. The predicted octanol–water partition coefficient (Wildman–Crippen LogP) is 3.63. The Morgan fingerprint density at radius 3 is 2.00 bits per heavy atom. The van der Waals surface area contributed by atoms with Crippen molar-refractivity contribution in [2.75, 3.05) is 0 Å². The van der Waals surface area contributed by atoms with Crippen molar-refractivity contribution >= 4 is 0 Å². The second-order valence-corrected chi connectivity index (χ2v) is 4.23. The lowest BCUT2D eigenvalue weighted by molar-refractivity contribution is 0.213. The van der Waals surface area contributed by atoms with Crippen molar-refractivity contribution in [3.63, 3.8) is 0 Å². The minimum absolute atomic E-state index is 0.132. The molecule has 2 rings (SSSR count). The largest absolute Gasteiger partial charge is 0.384 e. The van der Waals surface area contributed by atoms with Crippen LogP contribution in [0.1, 0.15) is 22.8 Å². The summed E-state index contributed by atoms with van der Waals surface area (Å²) in [7, 11) is 0. The highest BCUT2D eigenvalue weighted by Crippen LogP contribution is 2.27. The number of aliphatic hydroxyl groups excluding tert-OH is 1. The molecule has 1 atom stereocenters. The topological polar surface area (TPSA) is 20.2 Å². The van der Waals surface area contributed by atoms with E-state index in [0.29, 0.717) is 12.1 Å². The Balaban J connectivity index is 2.49. The lowest BCUT2D eigenvalue weighted by Gasteiger charge is -2.14. The van der Waals surface area contributed by atoms with Gasteiger partial charge in [-0.05, 0) is 36.2 Å². The summed E-state index contributed by atoms with van der Waals surface area (Å²) < 4.78 is 52.8. The first-order valence-corrected chi connectivity index (χ1v) is 5.48. The van der Waals surface area contributed by atoms with Gasteiger partial charge in [0.15, 0.2) is 0 Å². The molecule has 0 amide bonds. The number of hydrogen-bond acceptors (Lipinski definition) is 1. The standard InChI is InChI=1S/C14H10F4O/c1-7-2-11(13(18)6-12(7)17)14(19)8-3-9(15)5-10(16)4-8/h2-6,14,19H,1H3. The molecule has 0 aliphatic rings. The van der Waals surface area contributed by atoms with Crippen molar-refractivity contribution in [2.45, 2.75) is 13.0 Å². The SMILES string of the molecule is Cc1cc(C(O)c2cc(F)cc(F)c2)c(F)cc1F. The second kappa shape index (κ2) is 5.01. The summed E-state index contributed by atoms with van der Waals surface area (Å²) in [5, 5.41) is 9.94. The van der Waals surface area contributed by atoms with Crippen LogP contribution in [0.2, 0.25) is 0 Å². The van der Waals surface area contributed by atoms with E-state index in [1.54, 1.807) is 0 Å². The number of hydrogen-bond donors (Lipinski definition) is 1. The molecule has 19 heavy (non-hydrogen) atoms. The lowest BCUT2D eigenvalue weighted by atomic mass is 9.99. The van der Waals surface area contributed by atoms with E-state index < -0.39 is 29.4 Å². The molecule has 0 bridgehead atoms. The molecule has 100 valence electrons. The average Bonchev–Trinajstić information content (AvgIpc) is 2.31. The van der Waals surface area contributed by atoms with Gasteiger partial charge in [-0.1, -0.05) is 0 Å². The van der Waals surface area contributed by atoms with Gasteiger partial charge in [-0.25, -0.2) is 17.6 Å². The van der Waals surface area contributed by atoms with E-state index in [4.69, 9.17) is 0 Å². The van der Waals surface area contributed by atoms with Crippen LogP contribution in [-0.4, -0.2) is 5.11 Å². The van der Waals surface area contributed by atoms with Gasteiger partial charge >= 0.3 is 0 Å². The van der Waals surface area contributed by atoms with Crippen molar-refractivity contribution in [1.29, 1.82) is 0 Å². The van der Waals surface area contributed by atoms with Gasteiger partial charge < -0.3 is 5.11 Å². The highest BCUT2D eigenvalue weighted by molar-refractivity contribution is 5.34. The van der Waals surface area contributed by atoms with Crippen molar-refractivity contribution in [2.24, 2.45) is 0 Å². The molecule has 0 aliphatic carbocycles. The first kappa shape index (κ1) is 13.5. The quantitative estimate of drug-likeness (QED) is 0.826. The number of benzene rings is 2. The van der Waals surface area contributed by atoms with Crippen LogP contribution >= 0.6 is 0 Å². The maximum Gasteiger partial charge on any atom is 0.132 e. The molecule has 0 saturated carbocycles. The molecule has 0 aliphatic heterocycles. The molecule has 0 saturated heterocycles. The van der Waals surface area contributed by atoms with E-state index in [0.717, 1.165) is 18.2 Å². The molecule has 2 aromatic carbocycles. The van der Waals surface area contributed by atoms with Crippen LogP contribution in [0, 0.1) is 30.2 Å². The third kappa shape index (κ3) is 2.76. The molecule has 0 heterocycles. The zero-order valence-electron chi connectivity index (χ0n) is 9.92. The summed E-state index contributed by atoms with van der Waals surface area (Å²) in [6.45, 7) is 1.40. The first-order valence-electron chi connectivity index (χ1n) is 5.48. The molecule has 0 spiro atoms. The Morgan fingerprint density at radius 1 is 0.842 bits per heavy atom. The molecule has 0 aromatic heterocycles. The van der Waals surface area contributed by atoms with Crippen molar-refractivity contribution < 1.29 is 22.7 Å². The molecule has 0 fully saturated rings. The third-order valence-corrected chi connectivity index (χ3v) is 2.77. The summed E-state index contributed by atoms with van der Waals surface area (Å²) in [5.74, 6) is -3.49. The summed E-state index contributed by atoms with van der Waals surface area (Å²) in [5.41, 5.74) is -0.237. The van der Waals surface area contributed by atoms with Gasteiger partial charge in [-0.2, -0.15) is 0 Å². The van der Waals surface area contributed by atoms with Gasteiger partial charge in [0.25, 0.3) is 0 Å². The Labute approximate surface area is 107 Å². The Hall–Kier alpha value is -1.88. The highest BCUT2D eigenvalue weighted by Gasteiger charge is 2.18. The summed E-state index contributed by atoms with van der Waals surface area (Å²) in [4.78, 5) is 0. The summed E-state index contributed by atoms with van der Waals surface area (Å²) >= 11 is 0. The molecule has 1 nitrogen and oxygen atoms in total. The molecule has 0 radical (unpaired) electrons. The Kier molecular flexibility index (Phi) is 3.57. The molecule has 1 N–H and O–H groups in total. The van der Waals surface area contributed by atoms with Gasteiger partial charge in [0.1, 0.15) is 29.4 Å². The maximum atomic E-state index is 13.6. The monoisotopic (exact) mass is 270 g/mol. The van der Waals surface area contributed by atoms with Crippen molar-refractivity contribution in [3.05, 3.63) is 70.3 Å². The van der Waals surface area contributed by atoms with Gasteiger partial charge in [-0.3, -0.25) is 0 Å². The van der Waals surface area contributed by atoms with E-state index in [1.807, 2.05) is 0 Å². The normalized spacial score (nSPS) is 12.5. The van der Waals surface area contributed by atoms with E-state index >= 15 is 0 Å². The van der Waals surface area contributed by atoms with Crippen LogP contribution in [0.15, 0.2) is 30.3 Å². The molecule has 2 aromatic rings. The highest BCUT2D eigenvalue weighted by atomic mass is 19.1. The minimum atomic E-state index is -1.57. The molecule has 5 heteroatoms. The predicted molar refractivity (Wildman–Crippen MR) is 61.5 cm³/mol. The smallest absolute Gasteiger partial charge is 0.132 e. The van der Waals surface area contributed by atoms with Crippen molar-refractivity contribution in [1.82, 2.24) is 0 Å². The van der Waals surface area contributed by atoms with Crippen molar-refractivity contribution in [3.8, 4) is 0 Å². The summed E-state index contributed by atoms with van der Waals surface area (Å²) in [6, 6.07) is 4.17. The first-order chi connectivity index (χ1) is 8.88. The molecular formula is C14H10F4O. The van der Waals surface area contributed by atoms with Crippen LogP contribution in [-0.2, 0) is 0 Å². The fourth-order valence-corrected chi connectivity index (χ4v) is 1.80. The van der Waals surface area contributed by atoms with Crippen LogP contribution < -0.4 is 0 Å². The lowest BCUT2D eigenvalue weighted by Crippen LogP contribution is -2.05. The zero-order chi connectivity index (χ0) is 14.2. The van der Waals surface area contributed by atoms with E-state index in [2.05, 4.69) is 0 Å². The van der Waals surface area contributed by atoms with E-state index in [-0.39, 0.29) is 16.7 Å². The van der Waals surface area contributed by atoms with Crippen LogP contribution in [0.3, 0.4) is 0 Å².